The summed E-state index contributed by atoms with van der Waals surface area (Å²) in [6.45, 7) is 1.49. The number of rotatable bonds is 3. The van der Waals surface area contributed by atoms with E-state index in [1.54, 1.807) is 40.8 Å². The van der Waals surface area contributed by atoms with Crippen LogP contribution < -0.4 is 0 Å². The molecule has 0 atom stereocenters. The van der Waals surface area contributed by atoms with Gasteiger partial charge in [-0.25, -0.2) is 0 Å². The highest BCUT2D eigenvalue weighted by Crippen LogP contribution is 2.13. The van der Waals surface area contributed by atoms with Crippen LogP contribution >= 0.6 is 22.6 Å². The third-order valence-corrected chi connectivity index (χ3v) is 2.24. The average molecular weight is 304 g/mol. The molecule has 4 heteroatoms. The molecule has 0 aliphatic rings. The second-order valence-electron chi connectivity index (χ2n) is 2.71. The first-order valence-electron chi connectivity index (χ1n) is 4.02. The van der Waals surface area contributed by atoms with Crippen molar-refractivity contribution in [2.75, 3.05) is 0 Å². The summed E-state index contributed by atoms with van der Waals surface area (Å²) in [6, 6.07) is 7.08. The van der Waals surface area contributed by atoms with Crippen molar-refractivity contribution < 1.29 is 14.3 Å². The van der Waals surface area contributed by atoms with Gasteiger partial charge in [-0.2, -0.15) is 0 Å². The van der Waals surface area contributed by atoms with E-state index in [2.05, 4.69) is 0 Å². The molecule has 0 heterocycles. The van der Waals surface area contributed by atoms with Crippen molar-refractivity contribution in [3.63, 3.8) is 0 Å². The Morgan fingerprint density at radius 3 is 2.57 bits per heavy atom. The van der Waals surface area contributed by atoms with Gasteiger partial charge in [-0.1, -0.05) is 24.3 Å². The maximum Gasteiger partial charge on any atom is 0.302 e. The molecule has 74 valence electrons. The lowest BCUT2D eigenvalue weighted by molar-refractivity contribution is -0.142. The minimum atomic E-state index is -0.347. The molecule has 0 unspecified atom stereocenters. The van der Waals surface area contributed by atoms with Crippen molar-refractivity contribution in [3.05, 3.63) is 35.4 Å². The largest absolute Gasteiger partial charge is 0.461 e. The zero-order valence-corrected chi connectivity index (χ0v) is 9.78. The van der Waals surface area contributed by atoms with E-state index in [1.165, 1.54) is 6.92 Å². The summed E-state index contributed by atoms with van der Waals surface area (Å²) >= 11 is 1.71. The van der Waals surface area contributed by atoms with Gasteiger partial charge in [0.25, 0.3) is 0 Å². The maximum absolute atomic E-state index is 11.2. The highest BCUT2D eigenvalue weighted by molar-refractivity contribution is 14.1. The average Bonchev–Trinajstić information content (AvgIpc) is 2.15. The molecule has 1 aromatic carbocycles. The number of carbonyl (C=O) groups is 2. The van der Waals surface area contributed by atoms with Crippen LogP contribution in [0.4, 0.5) is 0 Å². The summed E-state index contributed by atoms with van der Waals surface area (Å²) in [7, 11) is 0. The molecule has 0 saturated heterocycles. The summed E-state index contributed by atoms with van der Waals surface area (Å²) in [6.07, 6.45) is 0. The monoisotopic (exact) mass is 304 g/mol. The molecule has 0 spiro atoms. The van der Waals surface area contributed by atoms with E-state index < -0.39 is 0 Å². The van der Waals surface area contributed by atoms with Crippen LogP contribution in [0.15, 0.2) is 24.3 Å². The van der Waals surface area contributed by atoms with Crippen molar-refractivity contribution in [2.24, 2.45) is 0 Å². The van der Waals surface area contributed by atoms with E-state index >= 15 is 0 Å². The van der Waals surface area contributed by atoms with Crippen LogP contribution in [-0.4, -0.2) is 9.76 Å². The lowest BCUT2D eigenvalue weighted by atomic mass is 10.1. The molecule has 14 heavy (non-hydrogen) atoms. The number of hydrogen-bond acceptors (Lipinski definition) is 3. The Morgan fingerprint density at radius 2 is 2.00 bits per heavy atom. The van der Waals surface area contributed by atoms with E-state index in [0.717, 1.165) is 5.56 Å². The standard InChI is InChI=1S/C10H9IO3/c1-7(12)14-6-8-4-2-3-5-9(8)10(11)13/h2-5H,6H2,1H3. The predicted octanol–water partition coefficient (Wildman–Crippen LogP) is 2.32. The van der Waals surface area contributed by atoms with Crippen LogP contribution in [0.2, 0.25) is 0 Å². The number of carbonyl (C=O) groups excluding carboxylic acids is 2. The first-order valence-corrected chi connectivity index (χ1v) is 5.10. The molecule has 0 aliphatic carbocycles. The molecule has 1 aromatic rings. The summed E-state index contributed by atoms with van der Waals surface area (Å²) in [5.41, 5.74) is 1.33. The summed E-state index contributed by atoms with van der Waals surface area (Å²) in [5.74, 6) is -0.347. The van der Waals surface area contributed by atoms with Crippen LogP contribution in [0.5, 0.6) is 0 Å². The summed E-state index contributed by atoms with van der Waals surface area (Å²) in [5, 5.41) is 0. The smallest absolute Gasteiger partial charge is 0.302 e. The molecular formula is C10H9IO3. The molecule has 3 nitrogen and oxygen atoms in total. The van der Waals surface area contributed by atoms with Gasteiger partial charge in [-0.15, -0.1) is 0 Å². The molecule has 1 rings (SSSR count). The molecule has 0 aromatic heterocycles. The minimum Gasteiger partial charge on any atom is -0.461 e. The molecule has 0 bridgehead atoms. The molecule has 0 amide bonds. The molecule has 0 radical (unpaired) electrons. The Bertz CT molecular complexity index is 360. The second kappa shape index (κ2) is 5.09. The Morgan fingerprint density at radius 1 is 1.36 bits per heavy atom. The number of hydrogen-bond donors (Lipinski definition) is 0. The zero-order chi connectivity index (χ0) is 10.6. The van der Waals surface area contributed by atoms with Gasteiger partial charge < -0.3 is 4.74 Å². The molecule has 0 aliphatic heterocycles. The van der Waals surface area contributed by atoms with Crippen LogP contribution in [0.25, 0.3) is 0 Å². The topological polar surface area (TPSA) is 43.4 Å². The van der Waals surface area contributed by atoms with Gasteiger partial charge >= 0.3 is 5.97 Å². The third-order valence-electron chi connectivity index (χ3n) is 1.66. The first kappa shape index (κ1) is 11.2. The highest BCUT2D eigenvalue weighted by atomic mass is 127. The van der Waals surface area contributed by atoms with Crippen molar-refractivity contribution in [1.82, 2.24) is 0 Å². The van der Waals surface area contributed by atoms with Gasteiger partial charge in [0, 0.05) is 40.6 Å². The molecule has 0 saturated carbocycles. The maximum atomic E-state index is 11.2. The fourth-order valence-electron chi connectivity index (χ4n) is 1.02. The third kappa shape index (κ3) is 3.10. The lowest BCUT2D eigenvalue weighted by Gasteiger charge is -2.05. The SMILES string of the molecule is CC(=O)OCc1ccccc1C(=O)I. The van der Waals surface area contributed by atoms with E-state index in [-0.39, 0.29) is 16.4 Å². The van der Waals surface area contributed by atoms with Crippen molar-refractivity contribution in [2.45, 2.75) is 13.5 Å². The van der Waals surface area contributed by atoms with Gasteiger partial charge in [-0.05, 0) is 0 Å². The fraction of sp³-hybridized carbons (Fsp3) is 0.200. The van der Waals surface area contributed by atoms with Crippen LogP contribution in [0.3, 0.4) is 0 Å². The summed E-state index contributed by atoms with van der Waals surface area (Å²) < 4.78 is 4.77. The molecule has 0 fully saturated rings. The van der Waals surface area contributed by atoms with Crippen molar-refractivity contribution in [3.8, 4) is 0 Å². The van der Waals surface area contributed by atoms with E-state index in [0.29, 0.717) is 5.56 Å². The van der Waals surface area contributed by atoms with Gasteiger partial charge in [0.15, 0.2) is 0 Å². The van der Waals surface area contributed by atoms with Crippen molar-refractivity contribution >= 4 is 32.4 Å². The molecular weight excluding hydrogens is 295 g/mol. The summed E-state index contributed by atoms with van der Waals surface area (Å²) in [4.78, 5) is 21.7. The van der Waals surface area contributed by atoms with Crippen LogP contribution in [0, 0.1) is 0 Å². The highest BCUT2D eigenvalue weighted by Gasteiger charge is 2.07. The molecule has 0 N–H and O–H groups in total. The van der Waals surface area contributed by atoms with E-state index in [1.807, 2.05) is 6.07 Å². The van der Waals surface area contributed by atoms with Gasteiger partial charge in [0.2, 0.25) is 3.79 Å². The van der Waals surface area contributed by atoms with Gasteiger partial charge in [0.1, 0.15) is 6.61 Å². The lowest BCUT2D eigenvalue weighted by Crippen LogP contribution is -2.03. The minimum absolute atomic E-state index is 0.0506. The number of esters is 1. The fourth-order valence-corrected chi connectivity index (χ4v) is 1.54. The quantitative estimate of drug-likeness (QED) is 0.489. The van der Waals surface area contributed by atoms with E-state index in [4.69, 9.17) is 4.74 Å². The number of ether oxygens (including phenoxy) is 1. The Hall–Kier alpha value is -0.910. The predicted molar refractivity (Wildman–Crippen MR) is 60.3 cm³/mol. The van der Waals surface area contributed by atoms with Gasteiger partial charge in [0.05, 0.1) is 0 Å². The van der Waals surface area contributed by atoms with Crippen LogP contribution in [0.1, 0.15) is 22.8 Å². The number of benzene rings is 1. The Balaban J connectivity index is 2.84. The first-order chi connectivity index (χ1) is 6.61. The van der Waals surface area contributed by atoms with E-state index in [9.17, 15) is 9.59 Å². The van der Waals surface area contributed by atoms with Crippen LogP contribution in [-0.2, 0) is 16.1 Å². The second-order valence-corrected chi connectivity index (χ2v) is 3.69. The number of halogens is 1. The Labute approximate surface area is 95.6 Å². The Kier molecular flexibility index (Phi) is 4.06. The van der Waals surface area contributed by atoms with Gasteiger partial charge in [-0.3, -0.25) is 9.59 Å². The zero-order valence-electron chi connectivity index (χ0n) is 7.62. The van der Waals surface area contributed by atoms with Crippen molar-refractivity contribution in [1.29, 1.82) is 0 Å². The normalized spacial score (nSPS) is 9.57.